The molecule has 0 saturated carbocycles. The van der Waals surface area contributed by atoms with Crippen molar-refractivity contribution in [1.82, 2.24) is 0 Å². The molecule has 14 heavy (non-hydrogen) atoms. The van der Waals surface area contributed by atoms with Gasteiger partial charge < -0.3 is 10.0 Å². The fourth-order valence-corrected chi connectivity index (χ4v) is 1.87. The lowest BCUT2D eigenvalue weighted by molar-refractivity contribution is -0.125. The third-order valence-corrected chi connectivity index (χ3v) is 2.81. The lowest BCUT2D eigenvalue weighted by Crippen LogP contribution is -2.39. The molecule has 1 aliphatic heterocycles. The molecular weight excluding hydrogens is 178 g/mol. The maximum Gasteiger partial charge on any atom is 0.232 e. The molecule has 0 saturated heterocycles. The minimum absolute atomic E-state index is 0.0313. The Morgan fingerprint density at radius 3 is 2.71 bits per heavy atom. The fourth-order valence-electron chi connectivity index (χ4n) is 1.87. The summed E-state index contributed by atoms with van der Waals surface area (Å²) in [5.41, 5.74) is 1.64. The van der Waals surface area contributed by atoms with E-state index in [9.17, 15) is 9.90 Å². The highest BCUT2D eigenvalue weighted by atomic mass is 16.3. The summed E-state index contributed by atoms with van der Waals surface area (Å²) in [5, 5.41) is 9.87. The third-order valence-electron chi connectivity index (χ3n) is 2.81. The zero-order chi connectivity index (χ0) is 10.3. The normalized spacial score (nSPS) is 26.2. The number of carbonyl (C=O) groups is 1. The first-order chi connectivity index (χ1) is 6.63. The van der Waals surface area contributed by atoms with Gasteiger partial charge in [0, 0.05) is 18.3 Å². The van der Waals surface area contributed by atoms with Gasteiger partial charge in [0.05, 0.1) is 12.0 Å². The van der Waals surface area contributed by atoms with E-state index in [2.05, 4.69) is 0 Å². The molecule has 2 atom stereocenters. The Labute approximate surface area is 83.0 Å². The summed E-state index contributed by atoms with van der Waals surface area (Å²) >= 11 is 0. The zero-order valence-corrected chi connectivity index (χ0v) is 8.27. The zero-order valence-electron chi connectivity index (χ0n) is 8.27. The van der Waals surface area contributed by atoms with Crippen LogP contribution in [-0.4, -0.2) is 18.1 Å². The molecule has 1 aliphatic rings. The van der Waals surface area contributed by atoms with Crippen LogP contribution in [0.4, 0.5) is 5.69 Å². The van der Waals surface area contributed by atoms with E-state index in [0.29, 0.717) is 0 Å². The Kier molecular flexibility index (Phi) is 2.04. The van der Waals surface area contributed by atoms with Crippen molar-refractivity contribution in [3.63, 3.8) is 0 Å². The lowest BCUT2D eigenvalue weighted by atomic mass is 9.90. The van der Waals surface area contributed by atoms with Crippen molar-refractivity contribution in [2.75, 3.05) is 11.9 Å². The Balaban J connectivity index is 2.56. The predicted octanol–water partition coefficient (Wildman–Crippen LogP) is 1.33. The van der Waals surface area contributed by atoms with Crippen molar-refractivity contribution >= 4 is 11.6 Å². The second-order valence-electron chi connectivity index (χ2n) is 3.69. The minimum atomic E-state index is -0.671. The SMILES string of the molecule is CC1C(=O)N(C)c2ccccc2C1O. The van der Waals surface area contributed by atoms with Gasteiger partial charge in [-0.25, -0.2) is 0 Å². The smallest absolute Gasteiger partial charge is 0.232 e. The average molecular weight is 191 g/mol. The van der Waals surface area contributed by atoms with Gasteiger partial charge in [-0.3, -0.25) is 4.79 Å². The summed E-state index contributed by atoms with van der Waals surface area (Å²) in [7, 11) is 1.74. The molecule has 2 unspecified atom stereocenters. The number of carbonyl (C=O) groups excluding carboxylic acids is 1. The van der Waals surface area contributed by atoms with E-state index in [1.165, 1.54) is 0 Å². The quantitative estimate of drug-likeness (QED) is 0.672. The minimum Gasteiger partial charge on any atom is -0.388 e. The average Bonchev–Trinajstić information content (AvgIpc) is 2.23. The Morgan fingerprint density at radius 1 is 1.36 bits per heavy atom. The second kappa shape index (κ2) is 3.10. The van der Waals surface area contributed by atoms with E-state index in [1.807, 2.05) is 24.3 Å². The molecule has 1 aromatic rings. The van der Waals surface area contributed by atoms with Gasteiger partial charge >= 0.3 is 0 Å². The van der Waals surface area contributed by atoms with E-state index in [-0.39, 0.29) is 11.8 Å². The first-order valence-corrected chi connectivity index (χ1v) is 4.67. The first kappa shape index (κ1) is 9.21. The number of amides is 1. The van der Waals surface area contributed by atoms with Crippen molar-refractivity contribution < 1.29 is 9.90 Å². The molecular formula is C11H13NO2. The van der Waals surface area contributed by atoms with Crippen LogP contribution in [0.1, 0.15) is 18.6 Å². The summed E-state index contributed by atoms with van der Waals surface area (Å²) in [6.45, 7) is 1.75. The Bertz CT molecular complexity index is 375. The summed E-state index contributed by atoms with van der Waals surface area (Å²) in [6, 6.07) is 7.45. The maximum absolute atomic E-state index is 11.7. The van der Waals surface area contributed by atoms with Crippen LogP contribution in [0.25, 0.3) is 0 Å². The highest BCUT2D eigenvalue weighted by Crippen LogP contribution is 2.36. The second-order valence-corrected chi connectivity index (χ2v) is 3.69. The Hall–Kier alpha value is -1.35. The lowest BCUT2D eigenvalue weighted by Gasteiger charge is -2.33. The molecule has 0 spiro atoms. The molecule has 0 bridgehead atoms. The number of nitrogens with zero attached hydrogens (tertiary/aromatic N) is 1. The third kappa shape index (κ3) is 1.13. The number of benzene rings is 1. The van der Waals surface area contributed by atoms with Gasteiger partial charge in [0.2, 0.25) is 5.91 Å². The summed E-state index contributed by atoms with van der Waals surface area (Å²) < 4.78 is 0. The van der Waals surface area contributed by atoms with E-state index in [4.69, 9.17) is 0 Å². The van der Waals surface area contributed by atoms with Gasteiger partial charge in [0.25, 0.3) is 0 Å². The number of fused-ring (bicyclic) bond motifs is 1. The maximum atomic E-state index is 11.7. The summed E-state index contributed by atoms with van der Waals surface area (Å²) in [6.07, 6.45) is -0.671. The van der Waals surface area contributed by atoms with Gasteiger partial charge in [-0.1, -0.05) is 25.1 Å². The monoisotopic (exact) mass is 191 g/mol. The van der Waals surface area contributed by atoms with Crippen LogP contribution in [0.2, 0.25) is 0 Å². The highest BCUT2D eigenvalue weighted by molar-refractivity contribution is 5.97. The standard InChI is InChI=1S/C11H13NO2/c1-7-10(13)8-5-3-4-6-9(8)12(2)11(7)14/h3-7,10,13H,1-2H3. The number of para-hydroxylation sites is 1. The van der Waals surface area contributed by atoms with Crippen LogP contribution in [0.15, 0.2) is 24.3 Å². The van der Waals surface area contributed by atoms with E-state index < -0.39 is 6.10 Å². The molecule has 1 heterocycles. The van der Waals surface area contributed by atoms with Gasteiger partial charge in [-0.15, -0.1) is 0 Å². The number of aliphatic hydroxyl groups excluding tert-OH is 1. The van der Waals surface area contributed by atoms with Gasteiger partial charge in [-0.05, 0) is 6.07 Å². The Morgan fingerprint density at radius 2 is 2.00 bits per heavy atom. The topological polar surface area (TPSA) is 40.5 Å². The number of aliphatic hydroxyl groups is 1. The molecule has 0 aliphatic carbocycles. The van der Waals surface area contributed by atoms with E-state index >= 15 is 0 Å². The molecule has 74 valence electrons. The molecule has 1 amide bonds. The van der Waals surface area contributed by atoms with E-state index in [0.717, 1.165) is 11.3 Å². The van der Waals surface area contributed by atoms with Gasteiger partial charge in [0.15, 0.2) is 0 Å². The molecule has 3 nitrogen and oxygen atoms in total. The van der Waals surface area contributed by atoms with Crippen molar-refractivity contribution in [3.8, 4) is 0 Å². The fraction of sp³-hybridized carbons (Fsp3) is 0.364. The van der Waals surface area contributed by atoms with Crippen molar-refractivity contribution in [1.29, 1.82) is 0 Å². The van der Waals surface area contributed by atoms with Crippen molar-refractivity contribution in [2.24, 2.45) is 5.92 Å². The predicted molar refractivity (Wildman–Crippen MR) is 54.0 cm³/mol. The van der Waals surface area contributed by atoms with Gasteiger partial charge in [-0.2, -0.15) is 0 Å². The number of anilines is 1. The molecule has 0 aromatic heterocycles. The van der Waals surface area contributed by atoms with Crippen molar-refractivity contribution in [2.45, 2.75) is 13.0 Å². The molecule has 1 aromatic carbocycles. The van der Waals surface area contributed by atoms with Crippen LogP contribution in [-0.2, 0) is 4.79 Å². The number of hydrogen-bond donors (Lipinski definition) is 1. The molecule has 3 heteroatoms. The number of rotatable bonds is 0. The van der Waals surface area contributed by atoms with Crippen LogP contribution >= 0.6 is 0 Å². The molecule has 0 fully saturated rings. The van der Waals surface area contributed by atoms with Crippen LogP contribution in [0.3, 0.4) is 0 Å². The largest absolute Gasteiger partial charge is 0.388 e. The van der Waals surface area contributed by atoms with E-state index in [1.54, 1.807) is 18.9 Å². The van der Waals surface area contributed by atoms with Crippen LogP contribution in [0, 0.1) is 5.92 Å². The van der Waals surface area contributed by atoms with Crippen LogP contribution in [0.5, 0.6) is 0 Å². The summed E-state index contributed by atoms with van der Waals surface area (Å²) in [4.78, 5) is 13.3. The first-order valence-electron chi connectivity index (χ1n) is 4.67. The van der Waals surface area contributed by atoms with Crippen molar-refractivity contribution in [3.05, 3.63) is 29.8 Å². The summed E-state index contributed by atoms with van der Waals surface area (Å²) in [5.74, 6) is -0.383. The highest BCUT2D eigenvalue weighted by Gasteiger charge is 2.34. The molecule has 2 rings (SSSR count). The molecule has 0 radical (unpaired) electrons. The van der Waals surface area contributed by atoms with Crippen LogP contribution < -0.4 is 4.90 Å². The molecule has 1 N–H and O–H groups in total. The number of hydrogen-bond acceptors (Lipinski definition) is 2. The van der Waals surface area contributed by atoms with Gasteiger partial charge in [0.1, 0.15) is 0 Å².